The molecule has 0 atom stereocenters. The van der Waals surface area contributed by atoms with Crippen LogP contribution in [-0.4, -0.2) is 48.9 Å². The van der Waals surface area contributed by atoms with Gasteiger partial charge in [0.05, 0.1) is 5.56 Å². The van der Waals surface area contributed by atoms with Gasteiger partial charge in [-0.3, -0.25) is 4.79 Å². The molecule has 0 spiro atoms. The van der Waals surface area contributed by atoms with Crippen molar-refractivity contribution < 1.29 is 4.79 Å². The molecule has 2 N–H and O–H groups in total. The first kappa shape index (κ1) is 12.4. The number of benzene rings is 1. The highest BCUT2D eigenvalue weighted by Crippen LogP contribution is 2.20. The quantitative estimate of drug-likeness (QED) is 0.798. The number of carbonyl (C=O) groups is 1. The lowest BCUT2D eigenvalue weighted by Crippen LogP contribution is -2.47. The van der Waals surface area contributed by atoms with Crippen molar-refractivity contribution in [3.05, 3.63) is 28.2 Å². The van der Waals surface area contributed by atoms with E-state index in [0.29, 0.717) is 11.3 Å². The normalized spacial score (nSPS) is 17.2. The Morgan fingerprint density at radius 2 is 1.94 bits per heavy atom. The molecule has 0 saturated carbocycles. The fourth-order valence-corrected chi connectivity index (χ4v) is 2.25. The first-order chi connectivity index (χ1) is 8.08. The van der Waals surface area contributed by atoms with Crippen molar-refractivity contribution in [3.8, 4) is 0 Å². The van der Waals surface area contributed by atoms with Crippen molar-refractivity contribution in [2.45, 2.75) is 0 Å². The average Bonchev–Trinajstić information content (AvgIpc) is 2.32. The lowest BCUT2D eigenvalue weighted by Gasteiger charge is -2.32. The number of likely N-dealkylation sites (N-methyl/N-ethyl adjacent to an activating group) is 1. The van der Waals surface area contributed by atoms with Crippen LogP contribution in [0, 0.1) is 0 Å². The van der Waals surface area contributed by atoms with E-state index in [4.69, 9.17) is 5.73 Å². The van der Waals surface area contributed by atoms with Gasteiger partial charge >= 0.3 is 0 Å². The molecular weight excluding hydrogens is 282 g/mol. The second kappa shape index (κ2) is 5.06. The minimum absolute atomic E-state index is 0.0249. The maximum Gasteiger partial charge on any atom is 0.256 e. The number of anilines is 1. The third-order valence-electron chi connectivity index (χ3n) is 3.04. The molecular formula is C12H16BrN3O. The number of nitrogens with zero attached hydrogens (tertiary/aromatic N) is 2. The molecule has 0 bridgehead atoms. The maximum absolute atomic E-state index is 12.3. The van der Waals surface area contributed by atoms with Gasteiger partial charge in [0.25, 0.3) is 5.91 Å². The van der Waals surface area contributed by atoms with E-state index in [1.807, 2.05) is 11.0 Å². The van der Waals surface area contributed by atoms with Gasteiger partial charge in [0, 0.05) is 36.3 Å². The minimum atomic E-state index is 0.0249. The Bertz CT molecular complexity index is 428. The van der Waals surface area contributed by atoms with Gasteiger partial charge in [0.1, 0.15) is 0 Å². The molecule has 92 valence electrons. The number of halogens is 1. The molecule has 1 amide bonds. The van der Waals surface area contributed by atoms with Gasteiger partial charge in [-0.05, 0) is 25.2 Å². The Kier molecular flexibility index (Phi) is 3.69. The first-order valence-electron chi connectivity index (χ1n) is 5.61. The van der Waals surface area contributed by atoms with Gasteiger partial charge in [-0.1, -0.05) is 15.9 Å². The molecule has 0 aromatic heterocycles. The molecule has 1 heterocycles. The predicted molar refractivity (Wildman–Crippen MR) is 72.0 cm³/mol. The Balaban J connectivity index is 2.16. The topological polar surface area (TPSA) is 49.6 Å². The van der Waals surface area contributed by atoms with E-state index in [0.717, 1.165) is 30.7 Å². The molecule has 1 aliphatic heterocycles. The smallest absolute Gasteiger partial charge is 0.256 e. The summed E-state index contributed by atoms with van der Waals surface area (Å²) in [5, 5.41) is 0. The zero-order valence-corrected chi connectivity index (χ0v) is 11.4. The monoisotopic (exact) mass is 297 g/mol. The molecule has 1 aromatic rings. The van der Waals surface area contributed by atoms with Crippen LogP contribution >= 0.6 is 15.9 Å². The van der Waals surface area contributed by atoms with Gasteiger partial charge < -0.3 is 15.5 Å². The standard InChI is InChI=1S/C12H16BrN3O/c1-15-4-6-16(7-5-15)12(17)10-8-9(13)2-3-11(10)14/h2-3,8H,4-7,14H2,1H3. The molecule has 0 radical (unpaired) electrons. The SMILES string of the molecule is CN1CCN(C(=O)c2cc(Br)ccc2N)CC1. The zero-order valence-electron chi connectivity index (χ0n) is 9.82. The number of carbonyl (C=O) groups excluding carboxylic acids is 1. The molecule has 1 aromatic carbocycles. The highest BCUT2D eigenvalue weighted by atomic mass is 79.9. The van der Waals surface area contributed by atoms with Gasteiger partial charge in [0.15, 0.2) is 0 Å². The molecule has 17 heavy (non-hydrogen) atoms. The summed E-state index contributed by atoms with van der Waals surface area (Å²) in [5.41, 5.74) is 6.97. The van der Waals surface area contributed by atoms with Gasteiger partial charge in [-0.2, -0.15) is 0 Å². The van der Waals surface area contributed by atoms with Crippen molar-refractivity contribution >= 4 is 27.5 Å². The molecule has 5 heteroatoms. The first-order valence-corrected chi connectivity index (χ1v) is 6.40. The molecule has 4 nitrogen and oxygen atoms in total. The Morgan fingerprint density at radius 3 is 2.59 bits per heavy atom. The predicted octanol–water partition coefficient (Wildman–Crippen LogP) is 1.42. The molecule has 0 aliphatic carbocycles. The van der Waals surface area contributed by atoms with Crippen molar-refractivity contribution in [1.82, 2.24) is 9.80 Å². The van der Waals surface area contributed by atoms with Crippen LogP contribution in [0.1, 0.15) is 10.4 Å². The lowest BCUT2D eigenvalue weighted by atomic mass is 10.1. The van der Waals surface area contributed by atoms with Crippen LogP contribution in [0.25, 0.3) is 0 Å². The second-order valence-electron chi connectivity index (χ2n) is 4.33. The van der Waals surface area contributed by atoms with Crippen molar-refractivity contribution in [2.24, 2.45) is 0 Å². The summed E-state index contributed by atoms with van der Waals surface area (Å²) in [6, 6.07) is 5.39. The van der Waals surface area contributed by atoms with E-state index in [9.17, 15) is 4.79 Å². The molecule has 1 aliphatic rings. The van der Waals surface area contributed by atoms with Gasteiger partial charge in [-0.15, -0.1) is 0 Å². The summed E-state index contributed by atoms with van der Waals surface area (Å²) < 4.78 is 0.879. The molecule has 2 rings (SSSR count). The summed E-state index contributed by atoms with van der Waals surface area (Å²) in [5.74, 6) is 0.0249. The second-order valence-corrected chi connectivity index (χ2v) is 5.24. The van der Waals surface area contributed by atoms with Crippen molar-refractivity contribution in [3.63, 3.8) is 0 Å². The minimum Gasteiger partial charge on any atom is -0.398 e. The van der Waals surface area contributed by atoms with Crippen LogP contribution in [0.4, 0.5) is 5.69 Å². The number of amides is 1. The lowest BCUT2D eigenvalue weighted by molar-refractivity contribution is 0.0665. The summed E-state index contributed by atoms with van der Waals surface area (Å²) in [7, 11) is 2.06. The van der Waals surface area contributed by atoms with E-state index < -0.39 is 0 Å². The van der Waals surface area contributed by atoms with E-state index >= 15 is 0 Å². The van der Waals surface area contributed by atoms with Crippen LogP contribution in [0.5, 0.6) is 0 Å². The average molecular weight is 298 g/mol. The van der Waals surface area contributed by atoms with Crippen LogP contribution < -0.4 is 5.73 Å². The number of hydrogen-bond acceptors (Lipinski definition) is 3. The third-order valence-corrected chi connectivity index (χ3v) is 3.53. The summed E-state index contributed by atoms with van der Waals surface area (Å²) in [6.45, 7) is 3.36. The van der Waals surface area contributed by atoms with E-state index in [2.05, 4.69) is 27.9 Å². The molecule has 0 unspecified atom stereocenters. The van der Waals surface area contributed by atoms with Crippen LogP contribution in [-0.2, 0) is 0 Å². The summed E-state index contributed by atoms with van der Waals surface area (Å²) in [6.07, 6.45) is 0. The highest BCUT2D eigenvalue weighted by molar-refractivity contribution is 9.10. The highest BCUT2D eigenvalue weighted by Gasteiger charge is 2.21. The largest absolute Gasteiger partial charge is 0.398 e. The number of nitrogens with two attached hydrogens (primary N) is 1. The van der Waals surface area contributed by atoms with Gasteiger partial charge in [0.2, 0.25) is 0 Å². The summed E-state index contributed by atoms with van der Waals surface area (Å²) in [4.78, 5) is 16.4. The van der Waals surface area contributed by atoms with Crippen LogP contribution in [0.3, 0.4) is 0 Å². The van der Waals surface area contributed by atoms with E-state index in [1.54, 1.807) is 12.1 Å². The third kappa shape index (κ3) is 2.79. The molecule has 1 fully saturated rings. The zero-order chi connectivity index (χ0) is 12.4. The van der Waals surface area contributed by atoms with E-state index in [1.165, 1.54) is 0 Å². The Hall–Kier alpha value is -1.07. The number of rotatable bonds is 1. The summed E-state index contributed by atoms with van der Waals surface area (Å²) >= 11 is 3.36. The number of nitrogen functional groups attached to an aromatic ring is 1. The van der Waals surface area contributed by atoms with Crippen LogP contribution in [0.2, 0.25) is 0 Å². The fourth-order valence-electron chi connectivity index (χ4n) is 1.89. The van der Waals surface area contributed by atoms with Crippen LogP contribution in [0.15, 0.2) is 22.7 Å². The van der Waals surface area contributed by atoms with E-state index in [-0.39, 0.29) is 5.91 Å². The Labute approximate surface area is 110 Å². The van der Waals surface area contributed by atoms with Gasteiger partial charge in [-0.25, -0.2) is 0 Å². The number of piperazine rings is 1. The Morgan fingerprint density at radius 1 is 1.29 bits per heavy atom. The number of hydrogen-bond donors (Lipinski definition) is 1. The van der Waals surface area contributed by atoms with Crippen molar-refractivity contribution in [2.75, 3.05) is 39.0 Å². The van der Waals surface area contributed by atoms with Crippen molar-refractivity contribution in [1.29, 1.82) is 0 Å². The molecule has 1 saturated heterocycles. The fraction of sp³-hybridized carbons (Fsp3) is 0.417. The maximum atomic E-state index is 12.3.